The highest BCUT2D eigenvalue weighted by molar-refractivity contribution is 4.63. The van der Waals surface area contributed by atoms with Crippen LogP contribution in [-0.4, -0.2) is 19.9 Å². The molecule has 1 atom stereocenters. The third-order valence-electron chi connectivity index (χ3n) is 1.21. The number of methoxy groups -OCH3 is 1. The fourth-order valence-corrected chi connectivity index (χ4v) is 0.785. The average molecular weight is 100 g/mol. The summed E-state index contributed by atoms with van der Waals surface area (Å²) in [5, 5.41) is 4.13. The summed E-state index contributed by atoms with van der Waals surface area (Å²) in [5.74, 6) is 0. The van der Waals surface area contributed by atoms with E-state index in [-0.39, 0.29) is 6.23 Å². The lowest BCUT2D eigenvalue weighted by Gasteiger charge is -2.02. The number of hydrogen-bond acceptors (Lipinski definition) is 1. The molecule has 1 rings (SSSR count). The van der Waals surface area contributed by atoms with E-state index in [9.17, 15) is 0 Å². The monoisotopic (exact) mass is 100 g/mol. The summed E-state index contributed by atoms with van der Waals surface area (Å²) in [6.45, 7) is 0.999. The van der Waals surface area contributed by atoms with Crippen LogP contribution in [0, 0.1) is 0 Å². The molecule has 1 heterocycles. The molecule has 1 radical (unpaired) electrons. The van der Waals surface area contributed by atoms with Crippen molar-refractivity contribution in [1.29, 1.82) is 0 Å². The first-order valence-electron chi connectivity index (χ1n) is 2.63. The molecule has 0 N–H and O–H groups in total. The van der Waals surface area contributed by atoms with Crippen molar-refractivity contribution >= 4 is 0 Å². The Balaban J connectivity index is 2.14. The van der Waals surface area contributed by atoms with Crippen molar-refractivity contribution in [3.63, 3.8) is 0 Å². The molecule has 0 aromatic carbocycles. The largest absolute Gasteiger partial charge is 0.365 e. The third kappa shape index (κ3) is 1.14. The number of ether oxygens (including phenoxy) is 1. The Morgan fingerprint density at radius 3 is 2.86 bits per heavy atom. The van der Waals surface area contributed by atoms with Gasteiger partial charge in [0.05, 0.1) is 0 Å². The second-order valence-corrected chi connectivity index (χ2v) is 1.74. The number of hydrogen-bond donors (Lipinski definition) is 0. The highest BCUT2D eigenvalue weighted by Gasteiger charge is 2.12. The summed E-state index contributed by atoms with van der Waals surface area (Å²) in [4.78, 5) is 0. The maximum atomic E-state index is 4.94. The molecule has 1 aliphatic heterocycles. The fourth-order valence-electron chi connectivity index (χ4n) is 0.785. The molecule has 1 fully saturated rings. The Bertz CT molecular complexity index is 50.0. The summed E-state index contributed by atoms with van der Waals surface area (Å²) in [7, 11) is 1.71. The van der Waals surface area contributed by atoms with Crippen LogP contribution in [0.2, 0.25) is 0 Å². The van der Waals surface area contributed by atoms with Gasteiger partial charge in [-0.15, -0.1) is 0 Å². The van der Waals surface area contributed by atoms with Crippen molar-refractivity contribution < 1.29 is 4.74 Å². The predicted octanol–water partition coefficient (Wildman–Crippen LogP) is 0.357. The molecule has 0 spiro atoms. The van der Waals surface area contributed by atoms with Crippen LogP contribution >= 0.6 is 0 Å². The van der Waals surface area contributed by atoms with E-state index in [4.69, 9.17) is 4.74 Å². The van der Waals surface area contributed by atoms with Gasteiger partial charge in [0.1, 0.15) is 6.23 Å². The first kappa shape index (κ1) is 5.06. The maximum Gasteiger partial charge on any atom is 0.123 e. The van der Waals surface area contributed by atoms with Crippen LogP contribution in [0.15, 0.2) is 0 Å². The van der Waals surface area contributed by atoms with E-state index >= 15 is 0 Å². The molecular formula is C5H10NO. The Hall–Kier alpha value is -0.0800. The van der Waals surface area contributed by atoms with Crippen molar-refractivity contribution in [3.8, 4) is 0 Å². The molecule has 2 nitrogen and oxygen atoms in total. The fraction of sp³-hybridized carbons (Fsp3) is 1.00. The zero-order valence-corrected chi connectivity index (χ0v) is 4.55. The van der Waals surface area contributed by atoms with Crippen LogP contribution in [0.4, 0.5) is 0 Å². The lowest BCUT2D eigenvalue weighted by Crippen LogP contribution is -2.15. The van der Waals surface area contributed by atoms with E-state index in [1.807, 2.05) is 0 Å². The molecule has 0 saturated carbocycles. The highest BCUT2D eigenvalue weighted by Crippen LogP contribution is 2.05. The predicted molar refractivity (Wildman–Crippen MR) is 27.0 cm³/mol. The second kappa shape index (κ2) is 2.28. The number of rotatable bonds is 1. The summed E-state index contributed by atoms with van der Waals surface area (Å²) < 4.78 is 4.94. The Morgan fingerprint density at radius 1 is 1.71 bits per heavy atom. The lowest BCUT2D eigenvalue weighted by atomic mass is 10.4. The van der Waals surface area contributed by atoms with Gasteiger partial charge in [-0.3, -0.25) is 0 Å². The van der Waals surface area contributed by atoms with Crippen molar-refractivity contribution in [2.45, 2.75) is 19.1 Å². The molecule has 7 heavy (non-hydrogen) atoms. The smallest absolute Gasteiger partial charge is 0.123 e. The van der Waals surface area contributed by atoms with Crippen molar-refractivity contribution in [3.05, 3.63) is 0 Å². The van der Waals surface area contributed by atoms with Gasteiger partial charge in [0.25, 0.3) is 0 Å². The number of nitrogens with zero attached hydrogens (tertiary/aromatic N) is 1. The molecular weight excluding hydrogens is 90.1 g/mol. The zero-order chi connectivity index (χ0) is 5.11. The quantitative estimate of drug-likeness (QED) is 0.466. The van der Waals surface area contributed by atoms with Gasteiger partial charge >= 0.3 is 0 Å². The Labute approximate surface area is 43.9 Å². The minimum atomic E-state index is 0.222. The van der Waals surface area contributed by atoms with Crippen LogP contribution < -0.4 is 5.32 Å². The van der Waals surface area contributed by atoms with E-state index in [0.717, 1.165) is 13.0 Å². The molecule has 2 heteroatoms. The first-order valence-corrected chi connectivity index (χ1v) is 2.63. The van der Waals surface area contributed by atoms with Gasteiger partial charge in [-0.05, 0) is 12.8 Å². The summed E-state index contributed by atoms with van der Waals surface area (Å²) in [6, 6.07) is 0. The van der Waals surface area contributed by atoms with Crippen molar-refractivity contribution in [1.82, 2.24) is 5.32 Å². The molecule has 0 aromatic heterocycles. The molecule has 1 saturated heterocycles. The minimum absolute atomic E-state index is 0.222. The lowest BCUT2D eigenvalue weighted by molar-refractivity contribution is 0.0885. The highest BCUT2D eigenvalue weighted by atomic mass is 16.5. The van der Waals surface area contributed by atoms with Crippen molar-refractivity contribution in [2.24, 2.45) is 0 Å². The molecule has 0 aliphatic carbocycles. The van der Waals surface area contributed by atoms with E-state index in [1.54, 1.807) is 7.11 Å². The van der Waals surface area contributed by atoms with Gasteiger partial charge in [0.2, 0.25) is 0 Å². The van der Waals surface area contributed by atoms with Crippen LogP contribution in [0.3, 0.4) is 0 Å². The summed E-state index contributed by atoms with van der Waals surface area (Å²) in [6.07, 6.45) is 2.55. The third-order valence-corrected chi connectivity index (χ3v) is 1.21. The van der Waals surface area contributed by atoms with E-state index in [2.05, 4.69) is 5.32 Å². The molecule has 0 amide bonds. The Morgan fingerprint density at radius 2 is 2.57 bits per heavy atom. The van der Waals surface area contributed by atoms with Gasteiger partial charge in [0.15, 0.2) is 0 Å². The SMILES string of the molecule is COC1CCC[N]1. The van der Waals surface area contributed by atoms with E-state index in [0.29, 0.717) is 0 Å². The van der Waals surface area contributed by atoms with Crippen LogP contribution in [0.5, 0.6) is 0 Å². The van der Waals surface area contributed by atoms with Gasteiger partial charge in [-0.25, -0.2) is 5.32 Å². The van der Waals surface area contributed by atoms with Gasteiger partial charge in [0, 0.05) is 13.7 Å². The summed E-state index contributed by atoms with van der Waals surface area (Å²) >= 11 is 0. The van der Waals surface area contributed by atoms with Crippen LogP contribution in [-0.2, 0) is 4.74 Å². The zero-order valence-electron chi connectivity index (χ0n) is 4.55. The van der Waals surface area contributed by atoms with E-state index in [1.165, 1.54) is 6.42 Å². The van der Waals surface area contributed by atoms with E-state index < -0.39 is 0 Å². The molecule has 0 aromatic rings. The van der Waals surface area contributed by atoms with Gasteiger partial charge < -0.3 is 4.74 Å². The normalized spacial score (nSPS) is 31.3. The van der Waals surface area contributed by atoms with Crippen molar-refractivity contribution in [2.75, 3.05) is 13.7 Å². The first-order chi connectivity index (χ1) is 3.43. The molecule has 0 bridgehead atoms. The second-order valence-electron chi connectivity index (χ2n) is 1.74. The summed E-state index contributed by atoms with van der Waals surface area (Å²) in [5.41, 5.74) is 0. The average Bonchev–Trinajstić information content (AvgIpc) is 2.14. The molecule has 41 valence electrons. The maximum absolute atomic E-state index is 4.94. The standard InChI is InChI=1S/C5H10NO/c1-7-5-3-2-4-6-5/h5H,2-4H2,1H3. The molecule has 1 aliphatic rings. The van der Waals surface area contributed by atoms with Gasteiger partial charge in [-0.2, -0.15) is 0 Å². The Kier molecular flexibility index (Phi) is 1.65. The van der Waals surface area contributed by atoms with Gasteiger partial charge in [-0.1, -0.05) is 0 Å². The molecule has 1 unspecified atom stereocenters. The minimum Gasteiger partial charge on any atom is -0.365 e. The van der Waals surface area contributed by atoms with Crippen LogP contribution in [0.1, 0.15) is 12.8 Å². The van der Waals surface area contributed by atoms with Crippen LogP contribution in [0.25, 0.3) is 0 Å². The topological polar surface area (TPSA) is 23.3 Å².